The predicted molar refractivity (Wildman–Crippen MR) is 146 cm³/mol. The first-order valence-corrected chi connectivity index (χ1v) is 14.6. The van der Waals surface area contributed by atoms with Crippen LogP contribution in [0.5, 0.6) is 5.75 Å². The number of fused-ring (bicyclic) bond motifs is 1. The fraction of sp³-hybridized carbons (Fsp3) is 0.536. The molecule has 9 heteroatoms. The Bertz CT molecular complexity index is 1210. The number of carbonyl (C=O) groups is 3. The Morgan fingerprint density at radius 1 is 1.11 bits per heavy atom. The van der Waals surface area contributed by atoms with Gasteiger partial charge in [0.15, 0.2) is 0 Å². The Morgan fingerprint density at radius 3 is 2.51 bits per heavy atom. The van der Waals surface area contributed by atoms with Crippen LogP contribution in [0.15, 0.2) is 29.3 Å². The van der Waals surface area contributed by atoms with E-state index in [0.29, 0.717) is 24.8 Å². The molecule has 198 valence electrons. The number of anilines is 1. The number of aromatic amines is 1. The lowest BCUT2D eigenvalue weighted by Crippen LogP contribution is -2.39. The Kier molecular flexibility index (Phi) is 7.51. The maximum atomic E-state index is 12.9. The van der Waals surface area contributed by atoms with Crippen molar-refractivity contribution in [2.24, 2.45) is 17.8 Å². The Balaban J connectivity index is 1.13. The lowest BCUT2D eigenvalue weighted by Gasteiger charge is -2.30. The zero-order valence-corrected chi connectivity index (χ0v) is 22.4. The van der Waals surface area contributed by atoms with Gasteiger partial charge in [0.1, 0.15) is 11.4 Å². The highest BCUT2D eigenvalue weighted by Gasteiger charge is 2.32. The van der Waals surface area contributed by atoms with Crippen molar-refractivity contribution >= 4 is 46.1 Å². The summed E-state index contributed by atoms with van der Waals surface area (Å²) in [5.41, 5.74) is 3.15. The first kappa shape index (κ1) is 25.7. The van der Waals surface area contributed by atoms with Crippen LogP contribution in [-0.4, -0.2) is 65.1 Å². The van der Waals surface area contributed by atoms with Gasteiger partial charge in [0.2, 0.25) is 5.91 Å². The zero-order valence-electron chi connectivity index (χ0n) is 21.6. The minimum absolute atomic E-state index is 0.00833. The topological polar surface area (TPSA) is 106 Å². The van der Waals surface area contributed by atoms with Gasteiger partial charge < -0.3 is 20.3 Å². The molecule has 37 heavy (non-hydrogen) atoms. The van der Waals surface area contributed by atoms with Gasteiger partial charge in [0.25, 0.3) is 11.8 Å². The number of phenols is 1. The van der Waals surface area contributed by atoms with Crippen molar-refractivity contribution in [2.45, 2.75) is 50.5 Å². The summed E-state index contributed by atoms with van der Waals surface area (Å²) in [5.74, 6) is 0.528. The predicted octanol–water partition coefficient (Wildman–Crippen LogP) is 3.83. The van der Waals surface area contributed by atoms with Gasteiger partial charge in [-0.05, 0) is 74.3 Å². The van der Waals surface area contributed by atoms with Crippen molar-refractivity contribution in [3.63, 3.8) is 0 Å². The van der Waals surface area contributed by atoms with Crippen LogP contribution in [0.1, 0.15) is 44.6 Å². The van der Waals surface area contributed by atoms with Gasteiger partial charge in [-0.2, -0.15) is 0 Å². The number of aryl methyl sites for hydroxylation is 1. The van der Waals surface area contributed by atoms with Gasteiger partial charge in [-0.1, -0.05) is 6.92 Å². The quantitative estimate of drug-likeness (QED) is 0.358. The highest BCUT2D eigenvalue weighted by atomic mass is 32.2. The van der Waals surface area contributed by atoms with Crippen molar-refractivity contribution in [1.29, 1.82) is 0 Å². The Morgan fingerprint density at radius 2 is 1.84 bits per heavy atom. The molecular formula is C28H36N4O4S. The van der Waals surface area contributed by atoms with Crippen LogP contribution in [0.25, 0.3) is 10.9 Å². The summed E-state index contributed by atoms with van der Waals surface area (Å²) in [6.45, 7) is 4.88. The number of amides is 3. The van der Waals surface area contributed by atoms with E-state index < -0.39 is 0 Å². The van der Waals surface area contributed by atoms with Crippen molar-refractivity contribution in [3.05, 3.63) is 29.8 Å². The second kappa shape index (κ2) is 10.8. The molecule has 1 saturated heterocycles. The van der Waals surface area contributed by atoms with E-state index in [9.17, 15) is 19.5 Å². The van der Waals surface area contributed by atoms with Gasteiger partial charge in [-0.15, -0.1) is 11.8 Å². The van der Waals surface area contributed by atoms with Gasteiger partial charge >= 0.3 is 0 Å². The molecule has 3 heterocycles. The highest BCUT2D eigenvalue weighted by Crippen LogP contribution is 2.41. The smallest absolute Gasteiger partial charge is 0.253 e. The molecule has 0 radical (unpaired) electrons. The van der Waals surface area contributed by atoms with Crippen LogP contribution >= 0.6 is 11.8 Å². The largest absolute Gasteiger partial charge is 0.506 e. The fourth-order valence-corrected chi connectivity index (χ4v) is 6.89. The molecule has 2 aromatic rings. The molecule has 5 rings (SSSR count). The van der Waals surface area contributed by atoms with Gasteiger partial charge in [-0.25, -0.2) is 0 Å². The van der Waals surface area contributed by atoms with Crippen molar-refractivity contribution in [1.82, 2.24) is 15.2 Å². The van der Waals surface area contributed by atoms with Crippen LogP contribution in [0, 0.1) is 17.8 Å². The number of hydrogen-bond acceptors (Lipinski definition) is 6. The zero-order chi connectivity index (χ0) is 26.1. The standard InChI is InChI=1S/C28H36N4O4S/c1-3-20-21-8-9-22(33)26(25(21)30-28(20)37-2)31-13-12-18(15-31)14-29-27(36)19-6-4-17(5-7-19)16-32-23(34)10-11-24(32)35/h8-11,17-19,30,33H,3-7,12-16H2,1-2H3,(H,29,36). The molecule has 0 spiro atoms. The first-order valence-electron chi connectivity index (χ1n) is 13.4. The first-order chi connectivity index (χ1) is 17.9. The summed E-state index contributed by atoms with van der Waals surface area (Å²) in [5, 5.41) is 16.2. The number of aromatic nitrogens is 1. The van der Waals surface area contributed by atoms with E-state index in [1.54, 1.807) is 17.8 Å². The monoisotopic (exact) mass is 524 g/mol. The number of benzene rings is 1. The van der Waals surface area contributed by atoms with Crippen LogP contribution in [0.2, 0.25) is 0 Å². The van der Waals surface area contributed by atoms with E-state index in [0.717, 1.165) is 67.8 Å². The molecule has 3 N–H and O–H groups in total. The summed E-state index contributed by atoms with van der Waals surface area (Å²) >= 11 is 1.70. The normalized spacial score (nSPS) is 24.0. The van der Waals surface area contributed by atoms with Crippen LogP contribution in [0.3, 0.4) is 0 Å². The number of hydrogen-bond donors (Lipinski definition) is 3. The minimum atomic E-state index is -0.230. The third-order valence-corrected chi connectivity index (χ3v) is 9.03. The molecule has 3 aliphatic rings. The number of imide groups is 1. The molecule has 1 atom stereocenters. The van der Waals surface area contributed by atoms with E-state index in [1.165, 1.54) is 28.0 Å². The average Bonchev–Trinajstić information content (AvgIpc) is 3.60. The maximum absolute atomic E-state index is 12.9. The second-order valence-electron chi connectivity index (χ2n) is 10.5. The van der Waals surface area contributed by atoms with Gasteiger partial charge in [0, 0.05) is 49.6 Å². The number of nitrogens with one attached hydrogen (secondary N) is 2. The summed E-state index contributed by atoms with van der Waals surface area (Å²) in [4.78, 5) is 43.6. The number of nitrogens with zero attached hydrogens (tertiary/aromatic N) is 2. The molecule has 1 aliphatic carbocycles. The van der Waals surface area contributed by atoms with Gasteiger partial charge in [-0.3, -0.25) is 19.3 Å². The third-order valence-electron chi connectivity index (χ3n) is 8.28. The minimum Gasteiger partial charge on any atom is -0.506 e. The molecule has 2 aliphatic heterocycles. The molecule has 3 amide bonds. The number of H-pyrrole nitrogens is 1. The molecule has 0 bridgehead atoms. The summed E-state index contributed by atoms with van der Waals surface area (Å²) in [6, 6.07) is 3.80. The average molecular weight is 525 g/mol. The van der Waals surface area contributed by atoms with E-state index in [4.69, 9.17) is 0 Å². The molecule has 2 fully saturated rings. The van der Waals surface area contributed by atoms with Gasteiger partial charge in [0.05, 0.1) is 10.5 Å². The second-order valence-corrected chi connectivity index (χ2v) is 11.3. The van der Waals surface area contributed by atoms with Crippen molar-refractivity contribution < 1.29 is 19.5 Å². The van der Waals surface area contributed by atoms with E-state index in [-0.39, 0.29) is 29.6 Å². The number of phenolic OH excluding ortho intramolecular Hbond substituents is 1. The molecular weight excluding hydrogens is 488 g/mol. The molecule has 1 aromatic heterocycles. The summed E-state index contributed by atoms with van der Waals surface area (Å²) < 4.78 is 0. The molecule has 1 saturated carbocycles. The fourth-order valence-electron chi connectivity index (χ4n) is 6.18. The number of carbonyl (C=O) groups excluding carboxylic acids is 3. The highest BCUT2D eigenvalue weighted by molar-refractivity contribution is 7.98. The van der Waals surface area contributed by atoms with E-state index >= 15 is 0 Å². The summed E-state index contributed by atoms with van der Waals surface area (Å²) in [6.07, 6.45) is 9.90. The molecule has 1 aromatic carbocycles. The van der Waals surface area contributed by atoms with Crippen LogP contribution in [0.4, 0.5) is 5.69 Å². The van der Waals surface area contributed by atoms with Crippen molar-refractivity contribution in [3.8, 4) is 5.75 Å². The lowest BCUT2D eigenvalue weighted by atomic mass is 9.81. The number of rotatable bonds is 8. The van der Waals surface area contributed by atoms with Crippen LogP contribution < -0.4 is 10.2 Å². The summed E-state index contributed by atoms with van der Waals surface area (Å²) in [7, 11) is 0. The van der Waals surface area contributed by atoms with E-state index in [2.05, 4.69) is 28.4 Å². The van der Waals surface area contributed by atoms with Crippen molar-refractivity contribution in [2.75, 3.05) is 37.3 Å². The lowest BCUT2D eigenvalue weighted by molar-refractivity contribution is -0.138. The maximum Gasteiger partial charge on any atom is 0.253 e. The number of thioether (sulfide) groups is 1. The Labute approximate surface area is 221 Å². The number of aromatic hydroxyl groups is 1. The SMILES string of the molecule is CCc1c(SC)[nH]c2c(N3CCC(CNC(=O)C4CCC(CN5C(=O)C=CC5=O)CC4)C3)c(O)ccc12. The molecule has 8 nitrogen and oxygen atoms in total. The van der Waals surface area contributed by atoms with E-state index in [1.807, 2.05) is 6.07 Å². The molecule has 1 unspecified atom stereocenters. The van der Waals surface area contributed by atoms with Crippen LogP contribution in [-0.2, 0) is 20.8 Å². The Hall–Kier alpha value is -2.94. The third kappa shape index (κ3) is 5.10.